The van der Waals surface area contributed by atoms with E-state index in [0.717, 1.165) is 6.42 Å². The second-order valence-electron chi connectivity index (χ2n) is 4.50. The molecule has 2 rings (SSSR count). The Labute approximate surface area is 98.2 Å². The number of alkyl halides is 3. The van der Waals surface area contributed by atoms with E-state index >= 15 is 0 Å². The van der Waals surface area contributed by atoms with E-state index in [1.165, 1.54) is 6.26 Å². The van der Waals surface area contributed by atoms with Crippen molar-refractivity contribution in [1.29, 1.82) is 0 Å². The van der Waals surface area contributed by atoms with Crippen molar-refractivity contribution in [3.63, 3.8) is 0 Å². The molecule has 1 N–H and O–H groups in total. The van der Waals surface area contributed by atoms with Gasteiger partial charge in [-0.1, -0.05) is 12.8 Å². The molecule has 2 atom stereocenters. The molecule has 0 bridgehead atoms. The van der Waals surface area contributed by atoms with Crippen molar-refractivity contribution in [3.8, 4) is 0 Å². The van der Waals surface area contributed by atoms with Crippen LogP contribution in [0.2, 0.25) is 0 Å². The van der Waals surface area contributed by atoms with E-state index in [4.69, 9.17) is 4.42 Å². The highest BCUT2D eigenvalue weighted by Gasteiger charge is 2.45. The Bertz CT molecular complexity index is 334. The maximum absolute atomic E-state index is 12.8. The van der Waals surface area contributed by atoms with Gasteiger partial charge in [-0.15, -0.1) is 0 Å². The van der Waals surface area contributed by atoms with Crippen LogP contribution in [0.1, 0.15) is 31.4 Å². The summed E-state index contributed by atoms with van der Waals surface area (Å²) >= 11 is 0. The third-order valence-electron chi connectivity index (χ3n) is 3.30. The van der Waals surface area contributed by atoms with Crippen molar-refractivity contribution in [3.05, 3.63) is 24.2 Å². The van der Waals surface area contributed by atoms with Gasteiger partial charge in [0, 0.05) is 6.04 Å². The first kappa shape index (κ1) is 12.5. The Kier molecular flexibility index (Phi) is 3.76. The van der Waals surface area contributed by atoms with Gasteiger partial charge in [0.1, 0.15) is 5.76 Å². The van der Waals surface area contributed by atoms with Crippen LogP contribution >= 0.6 is 0 Å². The summed E-state index contributed by atoms with van der Waals surface area (Å²) in [6, 6.07) is 3.02. The van der Waals surface area contributed by atoms with E-state index < -0.39 is 18.1 Å². The first-order chi connectivity index (χ1) is 8.07. The van der Waals surface area contributed by atoms with Crippen LogP contribution in [0.25, 0.3) is 0 Å². The summed E-state index contributed by atoms with van der Waals surface area (Å²) in [6.07, 6.45) is -0.212. The van der Waals surface area contributed by atoms with E-state index in [2.05, 4.69) is 5.32 Å². The number of nitrogens with one attached hydrogen (secondary N) is 1. The fraction of sp³-hybridized carbons (Fsp3) is 0.667. The largest absolute Gasteiger partial charge is 0.468 e. The maximum Gasteiger partial charge on any atom is 0.393 e. The molecular weight excluding hydrogens is 231 g/mol. The molecule has 2 nitrogen and oxygen atoms in total. The predicted molar refractivity (Wildman–Crippen MR) is 57.3 cm³/mol. The van der Waals surface area contributed by atoms with Gasteiger partial charge in [0.15, 0.2) is 0 Å². The van der Waals surface area contributed by atoms with Crippen LogP contribution in [0.3, 0.4) is 0 Å². The molecule has 2 unspecified atom stereocenters. The zero-order chi connectivity index (χ0) is 12.3. The number of rotatable bonds is 3. The lowest BCUT2D eigenvalue weighted by molar-refractivity contribution is -0.189. The summed E-state index contributed by atoms with van der Waals surface area (Å²) in [5, 5.41) is 2.97. The molecule has 1 aliphatic carbocycles. The monoisotopic (exact) mass is 247 g/mol. The van der Waals surface area contributed by atoms with Gasteiger partial charge in [-0.05, 0) is 25.0 Å². The lowest BCUT2D eigenvalue weighted by atomic mass is 9.84. The standard InChI is InChI=1S/C12H16F3NO/c13-12(14,15)10-5-1-2-6-11(10)16-8-9-4-3-7-17-9/h3-4,7,10-11,16H,1-2,5-6,8H2. The Morgan fingerprint density at radius 2 is 2.06 bits per heavy atom. The van der Waals surface area contributed by atoms with Crippen molar-refractivity contribution < 1.29 is 17.6 Å². The van der Waals surface area contributed by atoms with Crippen LogP contribution in [0.5, 0.6) is 0 Å². The molecule has 1 aliphatic rings. The summed E-state index contributed by atoms with van der Waals surface area (Å²) < 4.78 is 43.5. The molecule has 1 aromatic rings. The molecule has 0 aliphatic heterocycles. The van der Waals surface area contributed by atoms with Gasteiger partial charge in [-0.2, -0.15) is 13.2 Å². The Hall–Kier alpha value is -0.970. The van der Waals surface area contributed by atoms with Crippen molar-refractivity contribution in [1.82, 2.24) is 5.32 Å². The smallest absolute Gasteiger partial charge is 0.393 e. The summed E-state index contributed by atoms with van der Waals surface area (Å²) in [5.74, 6) is -0.539. The Morgan fingerprint density at radius 3 is 2.71 bits per heavy atom. The van der Waals surface area contributed by atoms with E-state index in [9.17, 15) is 13.2 Å². The molecule has 5 heteroatoms. The molecule has 0 aromatic carbocycles. The van der Waals surface area contributed by atoms with Gasteiger partial charge >= 0.3 is 6.18 Å². The summed E-state index contributed by atoms with van der Waals surface area (Å²) in [4.78, 5) is 0. The fourth-order valence-corrected chi connectivity index (χ4v) is 2.41. The van der Waals surface area contributed by atoms with Gasteiger partial charge in [-0.25, -0.2) is 0 Å². The van der Waals surface area contributed by atoms with Gasteiger partial charge in [0.2, 0.25) is 0 Å². The van der Waals surface area contributed by atoms with Crippen LogP contribution in [0.4, 0.5) is 13.2 Å². The quantitative estimate of drug-likeness (QED) is 0.884. The average molecular weight is 247 g/mol. The van der Waals surface area contributed by atoms with Gasteiger partial charge in [0.05, 0.1) is 18.7 Å². The number of furan rings is 1. The molecule has 17 heavy (non-hydrogen) atoms. The summed E-state index contributed by atoms with van der Waals surface area (Å²) in [6.45, 7) is 0.365. The summed E-state index contributed by atoms with van der Waals surface area (Å²) in [5.41, 5.74) is 0. The number of hydrogen-bond acceptors (Lipinski definition) is 2. The zero-order valence-electron chi connectivity index (χ0n) is 9.46. The highest BCUT2D eigenvalue weighted by atomic mass is 19.4. The van der Waals surface area contributed by atoms with Gasteiger partial charge < -0.3 is 9.73 Å². The van der Waals surface area contributed by atoms with Crippen molar-refractivity contribution in [2.24, 2.45) is 5.92 Å². The first-order valence-corrected chi connectivity index (χ1v) is 5.90. The zero-order valence-corrected chi connectivity index (χ0v) is 9.46. The molecule has 0 radical (unpaired) electrons. The highest BCUT2D eigenvalue weighted by molar-refractivity contribution is 4.98. The third-order valence-corrected chi connectivity index (χ3v) is 3.30. The predicted octanol–water partition coefficient (Wildman–Crippen LogP) is 3.49. The summed E-state index contributed by atoms with van der Waals surface area (Å²) in [7, 11) is 0. The van der Waals surface area contributed by atoms with Gasteiger partial charge in [-0.3, -0.25) is 0 Å². The molecule has 0 saturated heterocycles. The highest BCUT2D eigenvalue weighted by Crippen LogP contribution is 2.37. The fourth-order valence-electron chi connectivity index (χ4n) is 2.41. The van der Waals surface area contributed by atoms with E-state index in [1.54, 1.807) is 12.1 Å². The Balaban J connectivity index is 1.92. The van der Waals surface area contributed by atoms with Crippen LogP contribution in [-0.2, 0) is 6.54 Å². The minimum atomic E-state index is -4.10. The number of halogens is 3. The molecule has 0 amide bonds. The second-order valence-corrected chi connectivity index (χ2v) is 4.50. The molecule has 1 saturated carbocycles. The first-order valence-electron chi connectivity index (χ1n) is 5.90. The topological polar surface area (TPSA) is 25.2 Å². The van der Waals surface area contributed by atoms with E-state index in [0.29, 0.717) is 25.1 Å². The minimum Gasteiger partial charge on any atom is -0.468 e. The van der Waals surface area contributed by atoms with Crippen molar-refractivity contribution >= 4 is 0 Å². The van der Waals surface area contributed by atoms with Crippen LogP contribution in [0, 0.1) is 5.92 Å². The van der Waals surface area contributed by atoms with Crippen molar-refractivity contribution in [2.45, 2.75) is 44.4 Å². The second kappa shape index (κ2) is 5.12. The lowest BCUT2D eigenvalue weighted by Gasteiger charge is -2.33. The minimum absolute atomic E-state index is 0.235. The SMILES string of the molecule is FC(F)(F)C1CCCCC1NCc1ccco1. The van der Waals surface area contributed by atoms with Crippen LogP contribution in [-0.4, -0.2) is 12.2 Å². The molecule has 0 spiro atoms. The Morgan fingerprint density at radius 1 is 1.29 bits per heavy atom. The molecule has 1 heterocycles. The van der Waals surface area contributed by atoms with E-state index in [-0.39, 0.29) is 6.42 Å². The number of hydrogen-bond donors (Lipinski definition) is 1. The molecule has 96 valence electrons. The van der Waals surface area contributed by atoms with E-state index in [1.807, 2.05) is 0 Å². The third kappa shape index (κ3) is 3.25. The average Bonchev–Trinajstić information content (AvgIpc) is 2.78. The normalized spacial score (nSPS) is 26.1. The molecule has 1 aromatic heterocycles. The molecule has 1 fully saturated rings. The van der Waals surface area contributed by atoms with Crippen molar-refractivity contribution in [2.75, 3.05) is 0 Å². The molecular formula is C12H16F3NO. The lowest BCUT2D eigenvalue weighted by Crippen LogP contribution is -2.45. The van der Waals surface area contributed by atoms with Crippen LogP contribution in [0.15, 0.2) is 22.8 Å². The maximum atomic E-state index is 12.8. The van der Waals surface area contributed by atoms with Crippen LogP contribution < -0.4 is 5.32 Å². The van der Waals surface area contributed by atoms with Gasteiger partial charge in [0.25, 0.3) is 0 Å².